The quantitative estimate of drug-likeness (QED) is 0.316. The van der Waals surface area contributed by atoms with E-state index in [-0.39, 0.29) is 17.1 Å². The average molecular weight is 416 g/mol. The molecule has 0 spiro atoms. The number of hydrogen-bond acceptors (Lipinski definition) is 6. The summed E-state index contributed by atoms with van der Waals surface area (Å²) in [6, 6.07) is 9.33. The van der Waals surface area contributed by atoms with Crippen LogP contribution in [0.2, 0.25) is 0 Å². The maximum Gasteiger partial charge on any atom is 0.262 e. The first-order chi connectivity index (χ1) is 13.4. The summed E-state index contributed by atoms with van der Waals surface area (Å²) >= 11 is 2.98. The molecule has 148 valence electrons. The summed E-state index contributed by atoms with van der Waals surface area (Å²) in [5, 5.41) is 1.23. The van der Waals surface area contributed by atoms with Crippen LogP contribution < -0.4 is 5.56 Å². The number of thiophene rings is 1. The van der Waals surface area contributed by atoms with E-state index < -0.39 is 0 Å². The Labute approximate surface area is 173 Å². The molecule has 0 amide bonds. The second-order valence-electron chi connectivity index (χ2n) is 7.06. The van der Waals surface area contributed by atoms with Crippen molar-refractivity contribution >= 4 is 39.8 Å². The normalized spacial score (nSPS) is 11.5. The van der Waals surface area contributed by atoms with Crippen LogP contribution in [0.1, 0.15) is 26.5 Å². The number of ketones is 1. The first kappa shape index (κ1) is 20.8. The fourth-order valence-electron chi connectivity index (χ4n) is 3.12. The van der Waals surface area contributed by atoms with E-state index in [1.54, 1.807) is 15.9 Å². The molecule has 3 aromatic rings. The van der Waals surface area contributed by atoms with Gasteiger partial charge in [0.1, 0.15) is 0 Å². The van der Waals surface area contributed by atoms with E-state index in [1.165, 1.54) is 11.8 Å². The Morgan fingerprint density at radius 1 is 1.25 bits per heavy atom. The highest BCUT2D eigenvalue weighted by molar-refractivity contribution is 7.99. The van der Waals surface area contributed by atoms with Crippen molar-refractivity contribution in [3.63, 3.8) is 0 Å². The third-order valence-electron chi connectivity index (χ3n) is 4.49. The Bertz CT molecular complexity index is 1050. The van der Waals surface area contributed by atoms with Gasteiger partial charge in [0.25, 0.3) is 5.56 Å². The Hall–Kier alpha value is -1.96. The molecule has 0 saturated carbocycles. The lowest BCUT2D eigenvalue weighted by atomic mass is 10.2. The van der Waals surface area contributed by atoms with Gasteiger partial charge in [-0.05, 0) is 59.1 Å². The Morgan fingerprint density at radius 2 is 2.00 bits per heavy atom. The van der Waals surface area contributed by atoms with E-state index in [0.717, 1.165) is 28.3 Å². The van der Waals surface area contributed by atoms with Crippen LogP contribution in [0.15, 0.2) is 40.3 Å². The number of thioether (sulfide) groups is 1. The van der Waals surface area contributed by atoms with E-state index in [2.05, 4.69) is 9.88 Å². The summed E-state index contributed by atoms with van der Waals surface area (Å²) < 4.78 is 1.72. The molecular weight excluding hydrogens is 390 g/mol. The van der Waals surface area contributed by atoms with E-state index >= 15 is 0 Å². The number of nitrogens with zero attached hydrogens (tertiary/aromatic N) is 3. The van der Waals surface area contributed by atoms with Gasteiger partial charge in [0.2, 0.25) is 0 Å². The second-order valence-corrected chi connectivity index (χ2v) is 9.47. The standard InChI is InChI=1S/C21H25N3O2S2/c1-14-12-17(15(2)28-14)19(25)13-27-21-22-18-9-6-5-8-16(18)20(26)24(21)11-7-10-23(3)4/h5-6,8-9,12H,7,10-11,13H2,1-4H3. The monoisotopic (exact) mass is 415 g/mol. The molecule has 0 aliphatic carbocycles. The molecule has 2 aromatic heterocycles. The highest BCUT2D eigenvalue weighted by Gasteiger charge is 2.16. The zero-order valence-corrected chi connectivity index (χ0v) is 18.3. The molecule has 3 rings (SSSR count). The summed E-state index contributed by atoms with van der Waals surface area (Å²) in [6.45, 7) is 5.45. The largest absolute Gasteiger partial charge is 0.309 e. The number of para-hydroxylation sites is 1. The topological polar surface area (TPSA) is 55.2 Å². The minimum Gasteiger partial charge on any atom is -0.309 e. The second kappa shape index (κ2) is 9.03. The smallest absolute Gasteiger partial charge is 0.262 e. The summed E-state index contributed by atoms with van der Waals surface area (Å²) in [5.74, 6) is 0.351. The molecule has 0 unspecified atom stereocenters. The molecule has 0 aliphatic heterocycles. The summed E-state index contributed by atoms with van der Waals surface area (Å²) in [6.07, 6.45) is 0.845. The van der Waals surface area contributed by atoms with E-state index in [1.807, 2.05) is 58.3 Å². The van der Waals surface area contributed by atoms with Gasteiger partial charge in [0.15, 0.2) is 10.9 Å². The molecule has 0 fully saturated rings. The van der Waals surface area contributed by atoms with Gasteiger partial charge in [-0.1, -0.05) is 23.9 Å². The van der Waals surface area contributed by atoms with Gasteiger partial charge in [0, 0.05) is 21.9 Å². The SMILES string of the molecule is Cc1cc(C(=O)CSc2nc3ccccc3c(=O)n2CCCN(C)C)c(C)s1. The molecule has 28 heavy (non-hydrogen) atoms. The lowest BCUT2D eigenvalue weighted by Crippen LogP contribution is -2.25. The van der Waals surface area contributed by atoms with Crippen molar-refractivity contribution in [3.8, 4) is 0 Å². The number of hydrogen-bond donors (Lipinski definition) is 0. The predicted octanol–water partition coefficient (Wildman–Crippen LogP) is 4.00. The first-order valence-electron chi connectivity index (χ1n) is 9.24. The van der Waals surface area contributed by atoms with Crippen LogP contribution in [-0.4, -0.2) is 46.6 Å². The van der Waals surface area contributed by atoms with Gasteiger partial charge in [-0.25, -0.2) is 4.98 Å². The Kier molecular flexibility index (Phi) is 6.69. The maximum absolute atomic E-state index is 13.0. The van der Waals surface area contributed by atoms with E-state index in [9.17, 15) is 9.59 Å². The molecule has 5 nitrogen and oxygen atoms in total. The van der Waals surface area contributed by atoms with Crippen molar-refractivity contribution in [2.75, 3.05) is 26.4 Å². The zero-order valence-electron chi connectivity index (χ0n) is 16.7. The predicted molar refractivity (Wildman–Crippen MR) is 118 cm³/mol. The lowest BCUT2D eigenvalue weighted by Gasteiger charge is -2.14. The van der Waals surface area contributed by atoms with Crippen LogP contribution in [-0.2, 0) is 6.54 Å². The van der Waals surface area contributed by atoms with Crippen molar-refractivity contribution < 1.29 is 4.79 Å². The van der Waals surface area contributed by atoms with Crippen LogP contribution in [0.5, 0.6) is 0 Å². The number of carbonyl (C=O) groups excluding carboxylic acids is 1. The lowest BCUT2D eigenvalue weighted by molar-refractivity contribution is 0.102. The summed E-state index contributed by atoms with van der Waals surface area (Å²) in [5.41, 5.74) is 1.41. The van der Waals surface area contributed by atoms with Crippen LogP contribution in [0.3, 0.4) is 0 Å². The molecule has 2 heterocycles. The van der Waals surface area contributed by atoms with E-state index in [0.29, 0.717) is 22.6 Å². The van der Waals surface area contributed by atoms with Gasteiger partial charge in [-0.3, -0.25) is 14.2 Å². The number of benzene rings is 1. The molecule has 0 radical (unpaired) electrons. The fraction of sp³-hybridized carbons (Fsp3) is 0.381. The van der Waals surface area contributed by atoms with Crippen LogP contribution >= 0.6 is 23.1 Å². The number of Topliss-reactive ketones (excluding diaryl/α,β-unsaturated/α-hetero) is 1. The number of rotatable bonds is 8. The van der Waals surface area contributed by atoms with Crippen LogP contribution in [0.4, 0.5) is 0 Å². The van der Waals surface area contributed by atoms with Gasteiger partial charge in [0.05, 0.1) is 16.7 Å². The zero-order chi connectivity index (χ0) is 20.3. The molecule has 0 saturated heterocycles. The average Bonchev–Trinajstić information content (AvgIpc) is 3.00. The van der Waals surface area contributed by atoms with Gasteiger partial charge in [-0.15, -0.1) is 11.3 Å². The molecule has 0 N–H and O–H groups in total. The van der Waals surface area contributed by atoms with Crippen molar-refractivity contribution in [2.24, 2.45) is 0 Å². The Balaban J connectivity index is 1.88. The van der Waals surface area contributed by atoms with Gasteiger partial charge >= 0.3 is 0 Å². The van der Waals surface area contributed by atoms with Crippen molar-refractivity contribution in [3.05, 3.63) is 56.0 Å². The molecule has 7 heteroatoms. The van der Waals surface area contributed by atoms with Gasteiger partial charge in [-0.2, -0.15) is 0 Å². The summed E-state index contributed by atoms with van der Waals surface area (Å²) in [4.78, 5) is 34.6. The number of aromatic nitrogens is 2. The molecule has 0 atom stereocenters. The number of carbonyl (C=O) groups is 1. The highest BCUT2D eigenvalue weighted by Crippen LogP contribution is 2.24. The van der Waals surface area contributed by atoms with Crippen molar-refractivity contribution in [1.29, 1.82) is 0 Å². The Morgan fingerprint density at radius 3 is 2.68 bits per heavy atom. The molecule has 1 aromatic carbocycles. The molecular formula is C21H25N3O2S2. The first-order valence-corrected chi connectivity index (χ1v) is 11.0. The minimum absolute atomic E-state index is 0.0399. The molecule has 0 aliphatic rings. The van der Waals surface area contributed by atoms with Crippen LogP contribution in [0, 0.1) is 13.8 Å². The fourth-order valence-corrected chi connectivity index (χ4v) is 4.97. The van der Waals surface area contributed by atoms with Crippen LogP contribution in [0.25, 0.3) is 10.9 Å². The molecule has 0 bridgehead atoms. The third-order valence-corrected chi connectivity index (χ3v) is 6.43. The highest BCUT2D eigenvalue weighted by atomic mass is 32.2. The summed E-state index contributed by atoms with van der Waals surface area (Å²) in [7, 11) is 4.03. The van der Waals surface area contributed by atoms with Gasteiger partial charge < -0.3 is 4.90 Å². The maximum atomic E-state index is 13.0. The van der Waals surface area contributed by atoms with Crippen molar-refractivity contribution in [1.82, 2.24) is 14.5 Å². The van der Waals surface area contributed by atoms with E-state index in [4.69, 9.17) is 0 Å². The number of fused-ring (bicyclic) bond motifs is 1. The third kappa shape index (κ3) is 4.71. The minimum atomic E-state index is -0.0399. The van der Waals surface area contributed by atoms with Crippen molar-refractivity contribution in [2.45, 2.75) is 32.0 Å². The number of aryl methyl sites for hydroxylation is 2.